The second kappa shape index (κ2) is 7.52. The van der Waals surface area contributed by atoms with Crippen molar-refractivity contribution in [3.05, 3.63) is 66.7 Å². The minimum atomic E-state index is 0.579. The molecule has 0 radical (unpaired) electrons. The van der Waals surface area contributed by atoms with E-state index in [0.717, 1.165) is 54.2 Å². The normalized spacial score (nSPS) is 14.3. The van der Waals surface area contributed by atoms with Crippen LogP contribution in [0.25, 0.3) is 16.7 Å². The number of hydrogen-bond donors (Lipinski definition) is 2. The number of piperazine rings is 1. The lowest BCUT2D eigenvalue weighted by Crippen LogP contribution is -2.43. The molecule has 146 valence electrons. The highest BCUT2D eigenvalue weighted by molar-refractivity contribution is 5.82. The van der Waals surface area contributed by atoms with Crippen LogP contribution in [0, 0.1) is 6.92 Å². The van der Waals surface area contributed by atoms with Gasteiger partial charge in [0.1, 0.15) is 5.65 Å². The molecule has 0 spiro atoms. The van der Waals surface area contributed by atoms with Crippen LogP contribution in [0.4, 0.5) is 17.3 Å². The van der Waals surface area contributed by atoms with Crippen molar-refractivity contribution >= 4 is 28.4 Å². The maximum absolute atomic E-state index is 4.77. The van der Waals surface area contributed by atoms with E-state index in [4.69, 9.17) is 4.98 Å². The number of benzene rings is 1. The first-order valence-corrected chi connectivity index (χ1v) is 9.86. The average molecular weight is 385 g/mol. The molecule has 1 saturated heterocycles. The molecule has 0 amide bonds. The predicted octanol–water partition coefficient (Wildman–Crippen LogP) is 3.28. The zero-order chi connectivity index (χ0) is 19.6. The van der Waals surface area contributed by atoms with Crippen molar-refractivity contribution in [2.75, 3.05) is 36.4 Å². The van der Waals surface area contributed by atoms with Gasteiger partial charge in [-0.2, -0.15) is 4.98 Å². The maximum Gasteiger partial charge on any atom is 0.229 e. The zero-order valence-corrected chi connectivity index (χ0v) is 16.3. The first kappa shape index (κ1) is 17.6. The third-order valence-electron chi connectivity index (χ3n) is 5.27. The molecule has 0 saturated carbocycles. The lowest BCUT2D eigenvalue weighted by Gasteiger charge is -2.29. The average Bonchev–Trinajstić information content (AvgIpc) is 3.11. The highest BCUT2D eigenvalue weighted by Crippen LogP contribution is 2.25. The molecular formula is C22H23N7. The molecule has 3 aromatic heterocycles. The summed E-state index contributed by atoms with van der Waals surface area (Å²) in [5.74, 6) is 0.579. The van der Waals surface area contributed by atoms with Crippen LogP contribution >= 0.6 is 0 Å². The molecule has 0 aliphatic carbocycles. The number of hydrogen-bond acceptors (Lipinski definition) is 6. The second-order valence-corrected chi connectivity index (χ2v) is 7.23. The van der Waals surface area contributed by atoms with Crippen LogP contribution in [-0.2, 0) is 0 Å². The van der Waals surface area contributed by atoms with Crippen LogP contribution in [0.5, 0.6) is 0 Å². The summed E-state index contributed by atoms with van der Waals surface area (Å²) in [5.41, 5.74) is 5.20. The fourth-order valence-corrected chi connectivity index (χ4v) is 3.72. The minimum Gasteiger partial charge on any atom is -0.369 e. The summed E-state index contributed by atoms with van der Waals surface area (Å²) in [7, 11) is 0. The fraction of sp³-hybridized carbons (Fsp3) is 0.227. The van der Waals surface area contributed by atoms with Crippen LogP contribution in [0.2, 0.25) is 0 Å². The van der Waals surface area contributed by atoms with Gasteiger partial charge in [-0.3, -0.25) is 9.55 Å². The number of aromatic nitrogens is 4. The van der Waals surface area contributed by atoms with Crippen LogP contribution < -0.4 is 15.5 Å². The molecule has 29 heavy (non-hydrogen) atoms. The fourth-order valence-electron chi connectivity index (χ4n) is 3.72. The Bertz CT molecular complexity index is 1110. The zero-order valence-electron chi connectivity index (χ0n) is 16.3. The molecule has 1 aliphatic rings. The van der Waals surface area contributed by atoms with Crippen LogP contribution in [0.3, 0.4) is 0 Å². The van der Waals surface area contributed by atoms with Crippen molar-refractivity contribution in [2.24, 2.45) is 0 Å². The molecule has 4 aromatic rings. The van der Waals surface area contributed by atoms with Gasteiger partial charge < -0.3 is 15.5 Å². The van der Waals surface area contributed by atoms with Gasteiger partial charge in [0, 0.05) is 61.5 Å². The van der Waals surface area contributed by atoms with Gasteiger partial charge in [0.25, 0.3) is 0 Å². The molecule has 1 aliphatic heterocycles. The van der Waals surface area contributed by atoms with Gasteiger partial charge in [-0.15, -0.1) is 0 Å². The minimum absolute atomic E-state index is 0.579. The summed E-state index contributed by atoms with van der Waals surface area (Å²) in [6, 6.07) is 12.4. The van der Waals surface area contributed by atoms with E-state index in [0.29, 0.717) is 5.95 Å². The van der Waals surface area contributed by atoms with Gasteiger partial charge >= 0.3 is 0 Å². The Labute approximate surface area is 169 Å². The van der Waals surface area contributed by atoms with Crippen LogP contribution in [0.15, 0.2) is 61.2 Å². The predicted molar refractivity (Wildman–Crippen MR) is 116 cm³/mol. The first-order valence-electron chi connectivity index (χ1n) is 9.86. The number of nitrogens with zero attached hydrogens (tertiary/aromatic N) is 5. The van der Waals surface area contributed by atoms with E-state index in [1.165, 1.54) is 5.69 Å². The molecule has 5 rings (SSSR count). The van der Waals surface area contributed by atoms with Gasteiger partial charge in [-0.25, -0.2) is 4.98 Å². The van der Waals surface area contributed by atoms with E-state index in [2.05, 4.69) is 67.5 Å². The summed E-state index contributed by atoms with van der Waals surface area (Å²) < 4.78 is 2.05. The smallest absolute Gasteiger partial charge is 0.229 e. The van der Waals surface area contributed by atoms with Crippen molar-refractivity contribution < 1.29 is 0 Å². The lowest BCUT2D eigenvalue weighted by molar-refractivity contribution is 0.589. The SMILES string of the molecule is Cc1cn(-c2cccnc2)c2nc(Nc3ccc(N4CCNCC4)cc3)ncc12. The van der Waals surface area contributed by atoms with Crippen LogP contribution in [-0.4, -0.2) is 45.7 Å². The number of anilines is 3. The molecule has 2 N–H and O–H groups in total. The number of rotatable bonds is 4. The van der Waals surface area contributed by atoms with Gasteiger partial charge in [0.2, 0.25) is 5.95 Å². The topological polar surface area (TPSA) is 70.9 Å². The molecule has 7 heteroatoms. The third kappa shape index (κ3) is 3.52. The van der Waals surface area contributed by atoms with Gasteiger partial charge in [0.05, 0.1) is 11.9 Å². The van der Waals surface area contributed by atoms with Gasteiger partial charge in [-0.1, -0.05) is 0 Å². The molecule has 0 atom stereocenters. The summed E-state index contributed by atoms with van der Waals surface area (Å²) in [5, 5.41) is 7.75. The molecular weight excluding hydrogens is 362 g/mol. The van der Waals surface area contributed by atoms with E-state index in [1.807, 2.05) is 24.5 Å². The second-order valence-electron chi connectivity index (χ2n) is 7.23. The molecule has 0 bridgehead atoms. The molecule has 1 aromatic carbocycles. The number of pyridine rings is 1. The van der Waals surface area contributed by atoms with E-state index in [9.17, 15) is 0 Å². The summed E-state index contributed by atoms with van der Waals surface area (Å²) >= 11 is 0. The summed E-state index contributed by atoms with van der Waals surface area (Å²) in [4.78, 5) is 15.9. The number of aryl methyl sites for hydroxylation is 1. The Morgan fingerprint density at radius 2 is 1.83 bits per heavy atom. The van der Waals surface area contributed by atoms with Crippen molar-refractivity contribution in [3.63, 3.8) is 0 Å². The standard InChI is InChI=1S/C22H23N7/c1-16-15-29(19-3-2-8-24-13-19)21-20(16)14-25-22(27-21)26-17-4-6-18(7-5-17)28-11-9-23-10-12-28/h2-8,13-15,23H,9-12H2,1H3,(H,25,26,27). The molecule has 7 nitrogen and oxygen atoms in total. The maximum atomic E-state index is 4.77. The van der Waals surface area contributed by atoms with E-state index >= 15 is 0 Å². The monoisotopic (exact) mass is 385 g/mol. The molecule has 4 heterocycles. The van der Waals surface area contributed by atoms with Gasteiger partial charge in [0.15, 0.2) is 0 Å². The molecule has 1 fully saturated rings. The van der Waals surface area contributed by atoms with Crippen molar-refractivity contribution in [1.82, 2.24) is 24.8 Å². The van der Waals surface area contributed by atoms with Crippen molar-refractivity contribution in [3.8, 4) is 5.69 Å². The van der Waals surface area contributed by atoms with E-state index in [-0.39, 0.29) is 0 Å². The van der Waals surface area contributed by atoms with E-state index < -0.39 is 0 Å². The van der Waals surface area contributed by atoms with E-state index in [1.54, 1.807) is 6.20 Å². The lowest BCUT2D eigenvalue weighted by atomic mass is 10.2. The molecule has 0 unspecified atom stereocenters. The highest BCUT2D eigenvalue weighted by atomic mass is 15.2. The highest BCUT2D eigenvalue weighted by Gasteiger charge is 2.12. The van der Waals surface area contributed by atoms with Gasteiger partial charge in [-0.05, 0) is 48.9 Å². The van der Waals surface area contributed by atoms with Crippen molar-refractivity contribution in [1.29, 1.82) is 0 Å². The third-order valence-corrected chi connectivity index (χ3v) is 5.27. The Morgan fingerprint density at radius 3 is 2.59 bits per heavy atom. The quantitative estimate of drug-likeness (QED) is 0.562. The summed E-state index contributed by atoms with van der Waals surface area (Å²) in [6.07, 6.45) is 7.56. The van der Waals surface area contributed by atoms with Crippen LogP contribution in [0.1, 0.15) is 5.56 Å². The Hall–Kier alpha value is -3.45. The summed E-state index contributed by atoms with van der Waals surface area (Å²) in [6.45, 7) is 6.21. The first-order chi connectivity index (χ1) is 14.3. The number of fused-ring (bicyclic) bond motifs is 1. The van der Waals surface area contributed by atoms with Crippen molar-refractivity contribution in [2.45, 2.75) is 6.92 Å². The Balaban J connectivity index is 1.42. The Kier molecular flexibility index (Phi) is 4.57. The Morgan fingerprint density at radius 1 is 1.00 bits per heavy atom. The largest absolute Gasteiger partial charge is 0.369 e. The number of nitrogens with one attached hydrogen (secondary N) is 2.